The summed E-state index contributed by atoms with van der Waals surface area (Å²) in [5.41, 5.74) is 0.919. The van der Waals surface area contributed by atoms with Gasteiger partial charge < -0.3 is 13.7 Å². The van der Waals surface area contributed by atoms with Gasteiger partial charge in [-0.25, -0.2) is 0 Å². The van der Waals surface area contributed by atoms with Crippen molar-refractivity contribution in [1.82, 2.24) is 14.8 Å². The van der Waals surface area contributed by atoms with E-state index >= 15 is 0 Å². The van der Waals surface area contributed by atoms with E-state index in [-0.39, 0.29) is 11.7 Å². The quantitative estimate of drug-likeness (QED) is 0.602. The van der Waals surface area contributed by atoms with Crippen molar-refractivity contribution in [3.05, 3.63) is 18.1 Å². The van der Waals surface area contributed by atoms with Gasteiger partial charge in [0.25, 0.3) is 0 Å². The number of rotatable bonds is 6. The maximum Gasteiger partial charge on any atom is 0.316 e. The summed E-state index contributed by atoms with van der Waals surface area (Å²) in [5, 5.41) is 9.04. The number of esters is 1. The Balaban J connectivity index is 2.18. The molecule has 0 aliphatic heterocycles. The molecule has 0 N–H and O–H groups in total. The zero-order valence-electron chi connectivity index (χ0n) is 11.8. The Bertz CT molecular complexity index is 591. The van der Waals surface area contributed by atoms with Gasteiger partial charge >= 0.3 is 5.97 Å². The normalized spacial score (nSPS) is 10.8. The second kappa shape index (κ2) is 6.60. The number of thioether (sulfide) groups is 1. The lowest BCUT2D eigenvalue weighted by Crippen LogP contribution is -2.08. The summed E-state index contributed by atoms with van der Waals surface area (Å²) < 4.78 is 12.2. The van der Waals surface area contributed by atoms with Crippen LogP contribution in [-0.2, 0) is 16.1 Å². The van der Waals surface area contributed by atoms with Crippen molar-refractivity contribution in [1.29, 1.82) is 0 Å². The number of carbonyl (C=O) groups excluding carboxylic acids is 1. The second-order valence-electron chi connectivity index (χ2n) is 4.03. The van der Waals surface area contributed by atoms with Crippen molar-refractivity contribution in [3.63, 3.8) is 0 Å². The molecule has 2 aromatic heterocycles. The first-order chi connectivity index (χ1) is 9.67. The third kappa shape index (κ3) is 3.04. The summed E-state index contributed by atoms with van der Waals surface area (Å²) in [6.07, 6.45) is 1.63. The molecule has 0 amide bonds. The van der Waals surface area contributed by atoms with Crippen LogP contribution in [0.3, 0.4) is 0 Å². The van der Waals surface area contributed by atoms with Gasteiger partial charge in [0.1, 0.15) is 5.76 Å². The van der Waals surface area contributed by atoms with Gasteiger partial charge in [-0.1, -0.05) is 11.8 Å². The zero-order valence-corrected chi connectivity index (χ0v) is 12.6. The highest BCUT2D eigenvalue weighted by Gasteiger charge is 2.17. The molecule has 0 aliphatic rings. The van der Waals surface area contributed by atoms with E-state index in [0.717, 1.165) is 23.7 Å². The Hall–Kier alpha value is -1.76. The lowest BCUT2D eigenvalue weighted by Gasteiger charge is -2.06. The van der Waals surface area contributed by atoms with E-state index in [0.29, 0.717) is 11.8 Å². The number of nitrogens with zero attached hydrogens (tertiary/aromatic N) is 3. The molecule has 20 heavy (non-hydrogen) atoms. The number of ether oxygens (including phenoxy) is 1. The predicted octanol–water partition coefficient (Wildman–Crippen LogP) is 2.52. The van der Waals surface area contributed by atoms with E-state index in [9.17, 15) is 4.79 Å². The fraction of sp³-hybridized carbons (Fsp3) is 0.462. The van der Waals surface area contributed by atoms with Gasteiger partial charge in [0, 0.05) is 6.54 Å². The first-order valence-corrected chi connectivity index (χ1v) is 7.42. The summed E-state index contributed by atoms with van der Waals surface area (Å²) in [5.74, 6) is 1.54. The third-order valence-electron chi connectivity index (χ3n) is 2.76. The summed E-state index contributed by atoms with van der Waals surface area (Å²) in [6.45, 7) is 6.79. The number of aryl methyl sites for hydroxylation is 1. The fourth-order valence-corrected chi connectivity index (χ4v) is 2.62. The van der Waals surface area contributed by atoms with E-state index in [1.807, 2.05) is 24.5 Å². The maximum atomic E-state index is 11.4. The van der Waals surface area contributed by atoms with Crippen LogP contribution in [0.25, 0.3) is 11.4 Å². The van der Waals surface area contributed by atoms with Crippen molar-refractivity contribution in [3.8, 4) is 11.4 Å². The minimum Gasteiger partial charge on any atom is -0.469 e. The van der Waals surface area contributed by atoms with Crippen LogP contribution in [0, 0.1) is 6.92 Å². The molecule has 0 unspecified atom stereocenters. The van der Waals surface area contributed by atoms with Gasteiger partial charge in [0.2, 0.25) is 0 Å². The Morgan fingerprint density at radius 1 is 1.45 bits per heavy atom. The molecule has 0 saturated heterocycles. The minimum atomic E-state index is -0.246. The first kappa shape index (κ1) is 14.6. The molecule has 108 valence electrons. The number of furan rings is 1. The summed E-state index contributed by atoms with van der Waals surface area (Å²) in [4.78, 5) is 11.4. The van der Waals surface area contributed by atoms with Gasteiger partial charge in [-0.05, 0) is 26.8 Å². The van der Waals surface area contributed by atoms with Crippen LogP contribution in [-0.4, -0.2) is 33.1 Å². The van der Waals surface area contributed by atoms with Crippen molar-refractivity contribution in [2.45, 2.75) is 32.5 Å². The monoisotopic (exact) mass is 295 g/mol. The van der Waals surface area contributed by atoms with Crippen LogP contribution in [0.2, 0.25) is 0 Å². The molecule has 0 radical (unpaired) electrons. The molecule has 6 nitrogen and oxygen atoms in total. The van der Waals surface area contributed by atoms with Gasteiger partial charge in [0.15, 0.2) is 11.0 Å². The number of hydrogen-bond donors (Lipinski definition) is 0. The highest BCUT2D eigenvalue weighted by Crippen LogP contribution is 2.26. The molecule has 2 rings (SSSR count). The first-order valence-electron chi connectivity index (χ1n) is 6.43. The molecule has 0 aliphatic carbocycles. The van der Waals surface area contributed by atoms with Crippen LogP contribution in [0.15, 0.2) is 21.9 Å². The highest BCUT2D eigenvalue weighted by atomic mass is 32.2. The van der Waals surface area contributed by atoms with Crippen molar-refractivity contribution in [2.75, 3.05) is 12.4 Å². The number of carbonyl (C=O) groups is 1. The molecular weight excluding hydrogens is 278 g/mol. The topological polar surface area (TPSA) is 70.2 Å². The van der Waals surface area contributed by atoms with Crippen LogP contribution in [0.4, 0.5) is 0 Å². The average molecular weight is 295 g/mol. The van der Waals surface area contributed by atoms with Crippen LogP contribution in [0.1, 0.15) is 19.6 Å². The van der Waals surface area contributed by atoms with E-state index in [1.54, 1.807) is 13.2 Å². The molecule has 0 fully saturated rings. The smallest absolute Gasteiger partial charge is 0.316 e. The van der Waals surface area contributed by atoms with Crippen molar-refractivity contribution in [2.24, 2.45) is 0 Å². The summed E-state index contributed by atoms with van der Waals surface area (Å²) >= 11 is 1.33. The van der Waals surface area contributed by atoms with E-state index < -0.39 is 0 Å². The van der Waals surface area contributed by atoms with E-state index in [4.69, 9.17) is 9.15 Å². The molecule has 0 saturated carbocycles. The fourth-order valence-electron chi connectivity index (χ4n) is 1.82. The van der Waals surface area contributed by atoms with Crippen molar-refractivity contribution >= 4 is 17.7 Å². The Morgan fingerprint density at radius 2 is 2.25 bits per heavy atom. The summed E-state index contributed by atoms with van der Waals surface area (Å²) in [7, 11) is 0. The second-order valence-corrected chi connectivity index (χ2v) is 4.98. The van der Waals surface area contributed by atoms with Gasteiger partial charge in [0.05, 0.1) is 24.2 Å². The average Bonchev–Trinajstić information content (AvgIpc) is 3.01. The van der Waals surface area contributed by atoms with Crippen LogP contribution in [0.5, 0.6) is 0 Å². The summed E-state index contributed by atoms with van der Waals surface area (Å²) in [6, 6.07) is 1.87. The number of hydrogen-bond acceptors (Lipinski definition) is 6. The molecule has 2 aromatic rings. The molecule has 0 bridgehead atoms. The lowest BCUT2D eigenvalue weighted by molar-refractivity contribution is -0.139. The van der Waals surface area contributed by atoms with E-state index in [1.165, 1.54) is 11.8 Å². The Morgan fingerprint density at radius 3 is 2.85 bits per heavy atom. The zero-order chi connectivity index (χ0) is 14.5. The SMILES string of the molecule is CCOC(=O)CSc1nnc(-c2ccoc2C)n1CC. The number of aromatic nitrogens is 3. The van der Waals surface area contributed by atoms with Gasteiger partial charge in [-0.2, -0.15) is 0 Å². The molecule has 7 heteroatoms. The van der Waals surface area contributed by atoms with Crippen LogP contribution >= 0.6 is 11.8 Å². The molecular formula is C13H17N3O3S. The Kier molecular flexibility index (Phi) is 4.84. The third-order valence-corrected chi connectivity index (χ3v) is 3.70. The molecule has 2 heterocycles. The lowest BCUT2D eigenvalue weighted by atomic mass is 10.2. The van der Waals surface area contributed by atoms with Crippen LogP contribution < -0.4 is 0 Å². The van der Waals surface area contributed by atoms with Gasteiger partial charge in [-0.15, -0.1) is 10.2 Å². The Labute approximate surface area is 121 Å². The standard InChI is InChI=1S/C13H17N3O3S/c1-4-16-12(10-6-7-19-9(10)3)14-15-13(16)20-8-11(17)18-5-2/h6-7H,4-5,8H2,1-3H3. The molecule has 0 atom stereocenters. The molecule has 0 aromatic carbocycles. The minimum absolute atomic E-state index is 0.232. The molecule has 0 spiro atoms. The highest BCUT2D eigenvalue weighted by molar-refractivity contribution is 7.99. The maximum absolute atomic E-state index is 11.4. The van der Waals surface area contributed by atoms with E-state index in [2.05, 4.69) is 10.2 Å². The van der Waals surface area contributed by atoms with Gasteiger partial charge in [-0.3, -0.25) is 4.79 Å². The predicted molar refractivity (Wildman–Crippen MR) is 75.5 cm³/mol. The largest absolute Gasteiger partial charge is 0.469 e. The van der Waals surface area contributed by atoms with Crippen molar-refractivity contribution < 1.29 is 13.9 Å².